The highest BCUT2D eigenvalue weighted by atomic mass is 16.2. The molecule has 0 bridgehead atoms. The van der Waals surface area contributed by atoms with Crippen molar-refractivity contribution in [3.05, 3.63) is 30.6 Å². The average molecular weight is 311 g/mol. The van der Waals surface area contributed by atoms with Crippen molar-refractivity contribution in [1.82, 2.24) is 25.4 Å². The molecule has 0 aliphatic carbocycles. The maximum Gasteiger partial charge on any atom is 0.232 e. The quantitative estimate of drug-likeness (QED) is 0.657. The van der Waals surface area contributed by atoms with Crippen LogP contribution >= 0.6 is 0 Å². The molecular formula is C14H13N7O2. The normalized spacial score (nSPS) is 17.8. The molecule has 0 spiro atoms. The minimum absolute atomic E-state index is 0.125. The smallest absolute Gasteiger partial charge is 0.232 e. The highest BCUT2D eigenvalue weighted by Gasteiger charge is 2.37. The number of nitrogens with zero attached hydrogens (tertiary/aromatic N) is 4. The van der Waals surface area contributed by atoms with E-state index in [2.05, 4.69) is 30.7 Å². The van der Waals surface area contributed by atoms with Gasteiger partial charge < -0.3 is 0 Å². The molecule has 1 aliphatic rings. The summed E-state index contributed by atoms with van der Waals surface area (Å²) in [4.78, 5) is 29.9. The lowest BCUT2D eigenvalue weighted by Gasteiger charge is -2.13. The minimum Gasteiger partial charge on any atom is -0.295 e. The van der Waals surface area contributed by atoms with Crippen LogP contribution in [0.3, 0.4) is 0 Å². The van der Waals surface area contributed by atoms with Crippen LogP contribution in [0.1, 0.15) is 6.42 Å². The van der Waals surface area contributed by atoms with Gasteiger partial charge in [0, 0.05) is 18.4 Å². The van der Waals surface area contributed by atoms with Gasteiger partial charge in [-0.05, 0) is 12.1 Å². The van der Waals surface area contributed by atoms with E-state index < -0.39 is 5.92 Å². The third-order valence-corrected chi connectivity index (χ3v) is 3.86. The predicted molar refractivity (Wildman–Crippen MR) is 81.6 cm³/mol. The van der Waals surface area contributed by atoms with Gasteiger partial charge in [-0.25, -0.2) is 5.10 Å². The van der Waals surface area contributed by atoms with Crippen molar-refractivity contribution in [3.8, 4) is 0 Å². The molecule has 1 atom stereocenters. The first kappa shape index (κ1) is 13.4. The van der Waals surface area contributed by atoms with Crippen LogP contribution in [0, 0.1) is 5.92 Å². The standard InChI is InChI=1S/C14H13N7O2/c22-11-5-8(13(23)17-14-15-7-16-20-14)6-21(11)12-9-3-1-2-4-10(9)18-19-12/h1-4,7-8H,5-6H2,(H,18,19)(H2,15,16,17,20,23). The van der Waals surface area contributed by atoms with E-state index in [0.717, 1.165) is 10.9 Å². The summed E-state index contributed by atoms with van der Waals surface area (Å²) in [7, 11) is 0. The molecule has 9 heteroatoms. The Hall–Kier alpha value is -3.23. The molecule has 0 saturated carbocycles. The fourth-order valence-corrected chi connectivity index (χ4v) is 2.73. The van der Waals surface area contributed by atoms with Gasteiger partial charge in [0.1, 0.15) is 6.33 Å². The number of hydrogen-bond donors (Lipinski definition) is 3. The molecule has 9 nitrogen and oxygen atoms in total. The molecule has 1 aromatic carbocycles. The minimum atomic E-state index is -0.455. The average Bonchev–Trinajstić information content (AvgIpc) is 3.26. The number of aromatic amines is 2. The molecule has 1 unspecified atom stereocenters. The maximum atomic E-state index is 12.3. The lowest BCUT2D eigenvalue weighted by Crippen LogP contribution is -2.28. The molecule has 3 aromatic rings. The lowest BCUT2D eigenvalue weighted by molar-refractivity contribution is -0.122. The Balaban J connectivity index is 1.55. The Morgan fingerprint density at radius 1 is 1.30 bits per heavy atom. The van der Waals surface area contributed by atoms with Crippen LogP contribution in [0.25, 0.3) is 10.9 Å². The molecule has 3 heterocycles. The molecule has 1 aliphatic heterocycles. The number of anilines is 2. The molecule has 116 valence electrons. The van der Waals surface area contributed by atoms with E-state index in [9.17, 15) is 9.59 Å². The van der Waals surface area contributed by atoms with Crippen LogP contribution in [0.15, 0.2) is 30.6 Å². The number of fused-ring (bicyclic) bond motifs is 1. The highest BCUT2D eigenvalue weighted by molar-refractivity contribution is 6.06. The van der Waals surface area contributed by atoms with Gasteiger partial charge in [0.05, 0.1) is 11.4 Å². The van der Waals surface area contributed by atoms with E-state index >= 15 is 0 Å². The molecule has 2 amide bonds. The van der Waals surface area contributed by atoms with Crippen molar-refractivity contribution in [2.75, 3.05) is 16.8 Å². The Morgan fingerprint density at radius 3 is 3.00 bits per heavy atom. The van der Waals surface area contributed by atoms with Crippen LogP contribution in [0.2, 0.25) is 0 Å². The molecular weight excluding hydrogens is 298 g/mol. The summed E-state index contributed by atoms with van der Waals surface area (Å²) in [5.74, 6) is -0.0211. The molecule has 3 N–H and O–H groups in total. The second kappa shape index (κ2) is 5.20. The van der Waals surface area contributed by atoms with E-state index in [1.807, 2.05) is 24.3 Å². The van der Waals surface area contributed by atoms with Crippen LogP contribution in [0.5, 0.6) is 0 Å². The molecule has 2 aromatic heterocycles. The molecule has 1 saturated heterocycles. The number of aromatic nitrogens is 5. The van der Waals surface area contributed by atoms with Gasteiger partial charge in [-0.15, -0.1) is 0 Å². The number of hydrogen-bond acceptors (Lipinski definition) is 5. The second-order valence-corrected chi connectivity index (χ2v) is 5.32. The van der Waals surface area contributed by atoms with Crippen LogP contribution in [-0.4, -0.2) is 43.7 Å². The fourth-order valence-electron chi connectivity index (χ4n) is 2.73. The second-order valence-electron chi connectivity index (χ2n) is 5.32. The summed E-state index contributed by atoms with van der Waals surface area (Å²) in [6.45, 7) is 0.285. The number of rotatable bonds is 3. The lowest BCUT2D eigenvalue weighted by atomic mass is 10.1. The van der Waals surface area contributed by atoms with Crippen molar-refractivity contribution in [2.24, 2.45) is 5.92 Å². The van der Waals surface area contributed by atoms with Crippen LogP contribution in [0.4, 0.5) is 11.8 Å². The SMILES string of the molecule is O=C(Nc1ncn[nH]1)C1CC(=O)N(c2n[nH]c3ccccc23)C1. The number of carbonyl (C=O) groups is 2. The Kier molecular flexibility index (Phi) is 3.04. The Labute approximate surface area is 130 Å². The summed E-state index contributed by atoms with van der Waals surface area (Å²) in [5, 5.41) is 16.8. The third kappa shape index (κ3) is 2.31. The van der Waals surface area contributed by atoms with Gasteiger partial charge in [0.15, 0.2) is 5.82 Å². The summed E-state index contributed by atoms with van der Waals surface area (Å²) < 4.78 is 0. The van der Waals surface area contributed by atoms with Crippen LogP contribution in [-0.2, 0) is 9.59 Å². The van der Waals surface area contributed by atoms with E-state index in [-0.39, 0.29) is 30.7 Å². The van der Waals surface area contributed by atoms with Crippen molar-refractivity contribution >= 4 is 34.5 Å². The summed E-state index contributed by atoms with van der Waals surface area (Å²) in [6, 6.07) is 7.56. The van der Waals surface area contributed by atoms with Crippen molar-refractivity contribution in [3.63, 3.8) is 0 Å². The van der Waals surface area contributed by atoms with E-state index in [1.54, 1.807) is 4.90 Å². The first-order chi connectivity index (χ1) is 11.2. The molecule has 4 rings (SSSR count). The zero-order valence-corrected chi connectivity index (χ0v) is 12.0. The van der Waals surface area contributed by atoms with Gasteiger partial charge in [-0.1, -0.05) is 12.1 Å². The zero-order valence-electron chi connectivity index (χ0n) is 12.0. The number of para-hydroxylation sites is 1. The highest BCUT2D eigenvalue weighted by Crippen LogP contribution is 2.29. The fraction of sp³-hybridized carbons (Fsp3) is 0.214. The van der Waals surface area contributed by atoms with Gasteiger partial charge in [-0.3, -0.25) is 24.9 Å². The molecule has 23 heavy (non-hydrogen) atoms. The monoisotopic (exact) mass is 311 g/mol. The largest absolute Gasteiger partial charge is 0.295 e. The summed E-state index contributed by atoms with van der Waals surface area (Å²) in [5.41, 5.74) is 0.852. The zero-order chi connectivity index (χ0) is 15.8. The van der Waals surface area contributed by atoms with E-state index in [4.69, 9.17) is 0 Å². The number of carbonyl (C=O) groups excluding carboxylic acids is 2. The number of amides is 2. The number of H-pyrrole nitrogens is 2. The maximum absolute atomic E-state index is 12.3. The predicted octanol–water partition coefficient (Wildman–Crippen LogP) is 0.673. The molecule has 0 radical (unpaired) electrons. The summed E-state index contributed by atoms with van der Waals surface area (Å²) in [6.07, 6.45) is 1.44. The van der Waals surface area contributed by atoms with Crippen molar-refractivity contribution in [1.29, 1.82) is 0 Å². The summed E-state index contributed by atoms with van der Waals surface area (Å²) >= 11 is 0. The molecule has 1 fully saturated rings. The Bertz CT molecular complexity index is 870. The van der Waals surface area contributed by atoms with Gasteiger partial charge in [0.2, 0.25) is 17.8 Å². The first-order valence-electron chi connectivity index (χ1n) is 7.12. The number of nitrogens with one attached hydrogen (secondary N) is 3. The van der Waals surface area contributed by atoms with Crippen LogP contribution < -0.4 is 10.2 Å². The van der Waals surface area contributed by atoms with Gasteiger partial charge >= 0.3 is 0 Å². The first-order valence-corrected chi connectivity index (χ1v) is 7.12. The van der Waals surface area contributed by atoms with E-state index in [0.29, 0.717) is 5.82 Å². The van der Waals surface area contributed by atoms with Crippen molar-refractivity contribution in [2.45, 2.75) is 6.42 Å². The van der Waals surface area contributed by atoms with Gasteiger partial charge in [0.25, 0.3) is 0 Å². The van der Waals surface area contributed by atoms with Gasteiger partial charge in [-0.2, -0.15) is 15.2 Å². The third-order valence-electron chi connectivity index (χ3n) is 3.86. The topological polar surface area (TPSA) is 120 Å². The Morgan fingerprint density at radius 2 is 2.17 bits per heavy atom. The van der Waals surface area contributed by atoms with Crippen molar-refractivity contribution < 1.29 is 9.59 Å². The number of benzene rings is 1. The van der Waals surface area contributed by atoms with E-state index in [1.165, 1.54) is 6.33 Å².